The van der Waals surface area contributed by atoms with Gasteiger partial charge in [-0.2, -0.15) is 0 Å². The third kappa shape index (κ3) is 3.18. The van der Waals surface area contributed by atoms with Crippen LogP contribution in [0.4, 0.5) is 0 Å². The van der Waals surface area contributed by atoms with E-state index < -0.39 is 0 Å². The molecule has 1 aliphatic rings. The number of benzene rings is 1. The van der Waals surface area contributed by atoms with Gasteiger partial charge in [0.2, 0.25) is 0 Å². The molecule has 2 aromatic rings. The second-order valence-electron chi connectivity index (χ2n) is 5.74. The van der Waals surface area contributed by atoms with E-state index in [0.29, 0.717) is 0 Å². The minimum atomic E-state index is 0.740. The molecule has 1 fully saturated rings. The van der Waals surface area contributed by atoms with Crippen molar-refractivity contribution >= 4 is 21.4 Å². The summed E-state index contributed by atoms with van der Waals surface area (Å²) in [5.74, 6) is 0.952. The molecule has 0 amide bonds. The molecule has 2 atom stereocenters. The van der Waals surface area contributed by atoms with Crippen LogP contribution < -0.4 is 5.32 Å². The molecule has 102 valence electrons. The number of fused-ring (bicyclic) bond motifs is 1. The van der Waals surface area contributed by atoms with E-state index in [9.17, 15) is 0 Å². The average Bonchev–Trinajstić information content (AvgIpc) is 2.88. The van der Waals surface area contributed by atoms with Gasteiger partial charge in [0.1, 0.15) is 0 Å². The fraction of sp³-hybridized carbons (Fsp3) is 0.529. The summed E-state index contributed by atoms with van der Waals surface area (Å²) in [6.07, 6.45) is 6.62. The standard InChI is InChI=1S/C17H23NS/c1-2-13-9-10-18-15(11-13)7-8-16-12-14-5-3-4-6-17(14)19-16/h3-6,12-13,15,18H,2,7-11H2,1H3. The number of piperidine rings is 1. The first-order chi connectivity index (χ1) is 9.35. The van der Waals surface area contributed by atoms with Crippen molar-refractivity contribution in [2.45, 2.75) is 45.1 Å². The Labute approximate surface area is 120 Å². The summed E-state index contributed by atoms with van der Waals surface area (Å²) in [6.45, 7) is 3.55. The van der Waals surface area contributed by atoms with Gasteiger partial charge in [0.15, 0.2) is 0 Å². The van der Waals surface area contributed by atoms with E-state index in [4.69, 9.17) is 0 Å². The van der Waals surface area contributed by atoms with Gasteiger partial charge in [-0.05, 0) is 55.7 Å². The molecule has 0 spiro atoms. The van der Waals surface area contributed by atoms with Crippen molar-refractivity contribution in [3.8, 4) is 0 Å². The lowest BCUT2D eigenvalue weighted by Gasteiger charge is -2.29. The fourth-order valence-corrected chi connectivity index (χ4v) is 4.24. The minimum absolute atomic E-state index is 0.740. The highest BCUT2D eigenvalue weighted by Crippen LogP contribution is 2.28. The van der Waals surface area contributed by atoms with Gasteiger partial charge in [-0.3, -0.25) is 0 Å². The smallest absolute Gasteiger partial charge is 0.0345 e. The van der Waals surface area contributed by atoms with Gasteiger partial charge in [-0.25, -0.2) is 0 Å². The summed E-state index contributed by atoms with van der Waals surface area (Å²) in [7, 11) is 0. The zero-order valence-electron chi connectivity index (χ0n) is 11.7. The summed E-state index contributed by atoms with van der Waals surface area (Å²) in [6, 6.07) is 11.8. The molecule has 1 aromatic carbocycles. The molecule has 0 bridgehead atoms. The van der Waals surface area contributed by atoms with Crippen molar-refractivity contribution in [3.63, 3.8) is 0 Å². The minimum Gasteiger partial charge on any atom is -0.314 e. The lowest BCUT2D eigenvalue weighted by molar-refractivity contribution is 0.285. The Morgan fingerprint density at radius 2 is 2.21 bits per heavy atom. The zero-order chi connectivity index (χ0) is 13.1. The van der Waals surface area contributed by atoms with E-state index in [1.807, 2.05) is 11.3 Å². The summed E-state index contributed by atoms with van der Waals surface area (Å²) >= 11 is 1.96. The number of hydrogen-bond acceptors (Lipinski definition) is 2. The third-order valence-electron chi connectivity index (χ3n) is 4.40. The first-order valence-corrected chi connectivity index (χ1v) is 8.37. The fourth-order valence-electron chi connectivity index (χ4n) is 3.16. The quantitative estimate of drug-likeness (QED) is 0.857. The van der Waals surface area contributed by atoms with Crippen molar-refractivity contribution in [1.29, 1.82) is 0 Å². The largest absolute Gasteiger partial charge is 0.314 e. The van der Waals surface area contributed by atoms with Crippen molar-refractivity contribution in [2.24, 2.45) is 5.92 Å². The van der Waals surface area contributed by atoms with Gasteiger partial charge >= 0.3 is 0 Å². The Morgan fingerprint density at radius 1 is 1.32 bits per heavy atom. The lowest BCUT2D eigenvalue weighted by Crippen LogP contribution is -2.38. The highest BCUT2D eigenvalue weighted by atomic mass is 32.1. The van der Waals surface area contributed by atoms with E-state index in [2.05, 4.69) is 42.6 Å². The van der Waals surface area contributed by atoms with Crippen molar-refractivity contribution in [2.75, 3.05) is 6.54 Å². The highest BCUT2D eigenvalue weighted by molar-refractivity contribution is 7.19. The van der Waals surface area contributed by atoms with Crippen LogP contribution in [0.3, 0.4) is 0 Å². The molecular weight excluding hydrogens is 250 g/mol. The maximum atomic E-state index is 3.69. The molecule has 3 rings (SSSR count). The van der Waals surface area contributed by atoms with Crippen LogP contribution in [0.25, 0.3) is 10.1 Å². The molecule has 19 heavy (non-hydrogen) atoms. The topological polar surface area (TPSA) is 12.0 Å². The number of hydrogen-bond donors (Lipinski definition) is 1. The monoisotopic (exact) mass is 273 g/mol. The van der Waals surface area contributed by atoms with Crippen molar-refractivity contribution in [1.82, 2.24) is 5.32 Å². The molecule has 1 aliphatic heterocycles. The molecule has 0 aliphatic carbocycles. The molecule has 2 heterocycles. The molecule has 1 nitrogen and oxygen atoms in total. The van der Waals surface area contributed by atoms with E-state index in [1.54, 1.807) is 4.88 Å². The van der Waals surface area contributed by atoms with Crippen molar-refractivity contribution in [3.05, 3.63) is 35.2 Å². The summed E-state index contributed by atoms with van der Waals surface area (Å²) < 4.78 is 1.43. The Kier molecular flexibility index (Phi) is 4.19. The maximum Gasteiger partial charge on any atom is 0.0345 e. The second-order valence-corrected chi connectivity index (χ2v) is 6.91. The van der Waals surface area contributed by atoms with Gasteiger partial charge in [-0.1, -0.05) is 31.5 Å². The lowest BCUT2D eigenvalue weighted by atomic mass is 9.88. The summed E-state index contributed by atoms with van der Waals surface area (Å²) in [5, 5.41) is 5.10. The Hall–Kier alpha value is -0.860. The Bertz CT molecular complexity index is 498. The molecule has 1 aromatic heterocycles. The Balaban J connectivity index is 1.59. The van der Waals surface area contributed by atoms with Crippen LogP contribution in [0.5, 0.6) is 0 Å². The number of rotatable bonds is 4. The molecule has 0 saturated carbocycles. The van der Waals surface area contributed by atoms with Gasteiger partial charge in [0.05, 0.1) is 0 Å². The van der Waals surface area contributed by atoms with Gasteiger partial charge in [0.25, 0.3) is 0 Å². The second kappa shape index (κ2) is 6.06. The highest BCUT2D eigenvalue weighted by Gasteiger charge is 2.19. The molecule has 1 saturated heterocycles. The van der Waals surface area contributed by atoms with Crippen LogP contribution in [0.15, 0.2) is 30.3 Å². The van der Waals surface area contributed by atoms with Crippen LogP contribution >= 0.6 is 11.3 Å². The molecule has 2 heteroatoms. The molecular formula is C17H23NS. The zero-order valence-corrected chi connectivity index (χ0v) is 12.5. The number of thiophene rings is 1. The predicted molar refractivity (Wildman–Crippen MR) is 85.0 cm³/mol. The number of aryl methyl sites for hydroxylation is 1. The summed E-state index contributed by atoms with van der Waals surface area (Å²) in [4.78, 5) is 1.54. The normalized spacial score (nSPS) is 23.8. The van der Waals surface area contributed by atoms with E-state index in [0.717, 1.165) is 12.0 Å². The van der Waals surface area contributed by atoms with Crippen LogP contribution in [-0.2, 0) is 6.42 Å². The number of nitrogens with one attached hydrogen (secondary N) is 1. The molecule has 1 N–H and O–H groups in total. The van der Waals surface area contributed by atoms with Crippen molar-refractivity contribution < 1.29 is 0 Å². The molecule has 2 unspecified atom stereocenters. The Morgan fingerprint density at radius 3 is 3.05 bits per heavy atom. The average molecular weight is 273 g/mol. The van der Waals surface area contributed by atoms with E-state index >= 15 is 0 Å². The van der Waals surface area contributed by atoms with Crippen LogP contribution in [-0.4, -0.2) is 12.6 Å². The first-order valence-electron chi connectivity index (χ1n) is 7.56. The first kappa shape index (κ1) is 13.1. The van der Waals surface area contributed by atoms with Crippen LogP contribution in [0.2, 0.25) is 0 Å². The predicted octanol–water partition coefficient (Wildman–Crippen LogP) is 4.61. The maximum absolute atomic E-state index is 3.69. The third-order valence-corrected chi connectivity index (χ3v) is 5.57. The van der Waals surface area contributed by atoms with Crippen LogP contribution in [0, 0.1) is 5.92 Å². The van der Waals surface area contributed by atoms with Gasteiger partial charge in [0, 0.05) is 15.6 Å². The molecule has 0 radical (unpaired) electrons. The van der Waals surface area contributed by atoms with E-state index in [1.165, 1.54) is 48.7 Å². The van der Waals surface area contributed by atoms with Gasteiger partial charge in [-0.15, -0.1) is 11.3 Å². The van der Waals surface area contributed by atoms with E-state index in [-0.39, 0.29) is 0 Å². The SMILES string of the molecule is CCC1CCNC(CCc2cc3ccccc3s2)C1. The summed E-state index contributed by atoms with van der Waals surface area (Å²) in [5.41, 5.74) is 0. The van der Waals surface area contributed by atoms with Crippen LogP contribution in [0.1, 0.15) is 37.5 Å². The van der Waals surface area contributed by atoms with Gasteiger partial charge < -0.3 is 5.32 Å².